The summed E-state index contributed by atoms with van der Waals surface area (Å²) in [7, 11) is -2.65. The molecule has 2 heterocycles. The Morgan fingerprint density at radius 2 is 1.57 bits per heavy atom. The number of nitrogens with one attached hydrogen (secondary N) is 2. The van der Waals surface area contributed by atoms with Gasteiger partial charge in [0.25, 0.3) is 0 Å². The number of nitrogens with zero attached hydrogens (tertiary/aromatic N) is 2. The molecular weight excluding hydrogens is 464 g/mol. The van der Waals surface area contributed by atoms with Crippen LogP contribution in [0.25, 0.3) is 0 Å². The Labute approximate surface area is 209 Å². The molecule has 8 nitrogen and oxygen atoms in total. The summed E-state index contributed by atoms with van der Waals surface area (Å²) in [5, 5.41) is 5.90. The van der Waals surface area contributed by atoms with Gasteiger partial charge in [-0.25, -0.2) is 18.0 Å². The van der Waals surface area contributed by atoms with Crippen molar-refractivity contribution >= 4 is 33.3 Å². The number of piperidine rings is 1. The number of aryl methyl sites for hydroxylation is 2. The average Bonchev–Trinajstić information content (AvgIpc) is 2.81. The van der Waals surface area contributed by atoms with Gasteiger partial charge in [-0.2, -0.15) is 4.99 Å². The number of aliphatic imine (C=N–C) groups is 1. The van der Waals surface area contributed by atoms with E-state index < -0.39 is 9.84 Å². The number of benzene rings is 2. The maximum Gasteiger partial charge on any atom is 0.321 e. The van der Waals surface area contributed by atoms with Gasteiger partial charge in [-0.15, -0.1) is 0 Å². The van der Waals surface area contributed by atoms with E-state index in [4.69, 9.17) is 0 Å². The van der Waals surface area contributed by atoms with Crippen molar-refractivity contribution in [3.8, 4) is 0 Å². The summed E-state index contributed by atoms with van der Waals surface area (Å²) in [6, 6.07) is 15.3. The quantitative estimate of drug-likeness (QED) is 0.460. The first-order valence-corrected chi connectivity index (χ1v) is 13.3. The highest BCUT2D eigenvalue weighted by atomic mass is 32.2. The number of urea groups is 1. The first-order chi connectivity index (χ1) is 16.3. The molecule has 2 aromatic rings. The van der Waals surface area contributed by atoms with Crippen LogP contribution in [0.3, 0.4) is 0 Å². The SMILES string of the molecule is C.Cc1cccc(N=C=O)c1.Cc1cccc(NC(=O)N2CCCCC2)c1.O=S1(=O)CCNCC1. The zero-order chi connectivity index (χ0) is 24.8. The number of amides is 2. The maximum atomic E-state index is 11.9. The summed E-state index contributed by atoms with van der Waals surface area (Å²) in [6.07, 6.45) is 4.98. The Hall–Kier alpha value is -3.00. The molecule has 2 amide bonds. The van der Waals surface area contributed by atoms with Gasteiger partial charge in [0.15, 0.2) is 9.84 Å². The van der Waals surface area contributed by atoms with Gasteiger partial charge in [0, 0.05) is 31.9 Å². The van der Waals surface area contributed by atoms with Crippen molar-refractivity contribution in [2.75, 3.05) is 43.0 Å². The van der Waals surface area contributed by atoms with Crippen molar-refractivity contribution in [1.29, 1.82) is 0 Å². The van der Waals surface area contributed by atoms with Crippen LogP contribution < -0.4 is 10.6 Å². The minimum absolute atomic E-state index is 0. The molecule has 2 aliphatic heterocycles. The summed E-state index contributed by atoms with van der Waals surface area (Å²) >= 11 is 0. The summed E-state index contributed by atoms with van der Waals surface area (Å²) < 4.78 is 21.2. The molecule has 2 saturated heterocycles. The molecule has 192 valence electrons. The lowest BCUT2D eigenvalue weighted by atomic mass is 10.1. The zero-order valence-corrected chi connectivity index (χ0v) is 20.7. The van der Waals surface area contributed by atoms with Crippen molar-refractivity contribution in [2.45, 2.75) is 40.5 Å². The van der Waals surface area contributed by atoms with Crippen molar-refractivity contribution < 1.29 is 18.0 Å². The lowest BCUT2D eigenvalue weighted by Gasteiger charge is -2.26. The fraction of sp³-hybridized carbons (Fsp3) is 0.462. The van der Waals surface area contributed by atoms with E-state index >= 15 is 0 Å². The second-order valence-corrected chi connectivity index (χ2v) is 10.6. The lowest BCUT2D eigenvalue weighted by Crippen LogP contribution is -2.38. The fourth-order valence-electron chi connectivity index (χ4n) is 3.45. The molecule has 4 rings (SSSR count). The van der Waals surface area contributed by atoms with Gasteiger partial charge >= 0.3 is 6.03 Å². The first-order valence-electron chi connectivity index (χ1n) is 11.5. The van der Waals surface area contributed by atoms with E-state index in [0.29, 0.717) is 30.3 Å². The third-order valence-electron chi connectivity index (χ3n) is 5.27. The molecule has 2 fully saturated rings. The molecule has 9 heteroatoms. The zero-order valence-electron chi connectivity index (χ0n) is 19.9. The monoisotopic (exact) mass is 502 g/mol. The minimum Gasteiger partial charge on any atom is -0.325 e. The molecule has 0 unspecified atom stereocenters. The summed E-state index contributed by atoms with van der Waals surface area (Å²) in [5.41, 5.74) is 3.80. The lowest BCUT2D eigenvalue weighted by molar-refractivity contribution is 0.200. The number of hydrogen-bond donors (Lipinski definition) is 2. The third-order valence-corrected chi connectivity index (χ3v) is 6.92. The van der Waals surface area contributed by atoms with Crippen LogP contribution in [0, 0.1) is 13.8 Å². The number of anilines is 1. The van der Waals surface area contributed by atoms with Crippen molar-refractivity contribution in [3.63, 3.8) is 0 Å². The highest BCUT2D eigenvalue weighted by molar-refractivity contribution is 7.91. The van der Waals surface area contributed by atoms with Crippen LogP contribution in [-0.2, 0) is 14.6 Å². The summed E-state index contributed by atoms with van der Waals surface area (Å²) in [4.78, 5) is 27.0. The number of carbonyl (C=O) groups excluding carboxylic acids is 2. The van der Waals surface area contributed by atoms with Crippen LogP contribution >= 0.6 is 0 Å². The van der Waals surface area contributed by atoms with Crippen LogP contribution in [0.15, 0.2) is 53.5 Å². The molecule has 2 aromatic carbocycles. The minimum atomic E-state index is -2.65. The van der Waals surface area contributed by atoms with Crippen molar-refractivity contribution in [1.82, 2.24) is 10.2 Å². The van der Waals surface area contributed by atoms with Crippen LogP contribution in [0.2, 0.25) is 0 Å². The Morgan fingerprint density at radius 1 is 0.971 bits per heavy atom. The summed E-state index contributed by atoms with van der Waals surface area (Å²) in [5.74, 6) is 0.625. The van der Waals surface area contributed by atoms with E-state index in [1.54, 1.807) is 6.07 Å². The van der Waals surface area contributed by atoms with Gasteiger partial charge in [-0.1, -0.05) is 31.7 Å². The highest BCUT2D eigenvalue weighted by Crippen LogP contribution is 2.14. The normalized spacial score (nSPS) is 16.0. The van der Waals surface area contributed by atoms with Crippen LogP contribution in [0.1, 0.15) is 37.8 Å². The molecule has 2 aliphatic rings. The fourth-order valence-corrected chi connectivity index (χ4v) is 4.57. The Balaban J connectivity index is 0.000000278. The predicted octanol–water partition coefficient (Wildman–Crippen LogP) is 4.62. The molecule has 0 saturated carbocycles. The van der Waals surface area contributed by atoms with Gasteiger partial charge < -0.3 is 15.5 Å². The summed E-state index contributed by atoms with van der Waals surface area (Å²) in [6.45, 7) is 7.00. The smallest absolute Gasteiger partial charge is 0.321 e. The van der Waals surface area contributed by atoms with Crippen molar-refractivity contribution in [3.05, 3.63) is 59.7 Å². The van der Waals surface area contributed by atoms with Gasteiger partial charge in [0.2, 0.25) is 6.08 Å². The molecule has 0 radical (unpaired) electrons. The second-order valence-electron chi connectivity index (χ2n) is 8.29. The van der Waals surface area contributed by atoms with E-state index in [-0.39, 0.29) is 13.5 Å². The number of isocyanates is 1. The van der Waals surface area contributed by atoms with Crippen LogP contribution in [0.4, 0.5) is 16.2 Å². The Morgan fingerprint density at radius 3 is 2.09 bits per heavy atom. The molecule has 0 bridgehead atoms. The number of carbonyl (C=O) groups is 1. The van der Waals surface area contributed by atoms with E-state index in [9.17, 15) is 18.0 Å². The number of likely N-dealkylation sites (tertiary alicyclic amines) is 1. The van der Waals surface area contributed by atoms with E-state index in [1.165, 1.54) is 12.5 Å². The number of rotatable bonds is 2. The van der Waals surface area contributed by atoms with Crippen molar-refractivity contribution in [2.24, 2.45) is 4.99 Å². The predicted molar refractivity (Wildman–Crippen MR) is 143 cm³/mol. The van der Waals surface area contributed by atoms with Gasteiger partial charge in [-0.05, 0) is 68.5 Å². The van der Waals surface area contributed by atoms with Crippen LogP contribution in [0.5, 0.6) is 0 Å². The molecule has 2 N–H and O–H groups in total. The molecule has 0 aromatic heterocycles. The van der Waals surface area contributed by atoms with Gasteiger partial charge in [0.05, 0.1) is 17.2 Å². The molecular formula is C26H38N4O4S. The molecule has 35 heavy (non-hydrogen) atoms. The first kappa shape index (κ1) is 30.0. The molecule has 0 spiro atoms. The maximum absolute atomic E-state index is 11.9. The van der Waals surface area contributed by atoms with Gasteiger partial charge in [-0.3, -0.25) is 0 Å². The highest BCUT2D eigenvalue weighted by Gasteiger charge is 2.16. The largest absolute Gasteiger partial charge is 0.325 e. The Kier molecular flexibility index (Phi) is 13.6. The topological polar surface area (TPSA) is 108 Å². The third kappa shape index (κ3) is 12.3. The molecule has 0 aliphatic carbocycles. The van der Waals surface area contributed by atoms with E-state index in [1.807, 2.05) is 61.2 Å². The number of sulfone groups is 1. The van der Waals surface area contributed by atoms with Gasteiger partial charge in [0.1, 0.15) is 0 Å². The average molecular weight is 503 g/mol. The van der Waals surface area contributed by atoms with E-state index in [0.717, 1.165) is 42.7 Å². The van der Waals surface area contributed by atoms with Crippen LogP contribution in [-0.4, -0.2) is 63.1 Å². The number of hydrogen-bond acceptors (Lipinski definition) is 6. The molecule has 0 atom stereocenters. The Bertz CT molecular complexity index is 1060. The second kappa shape index (κ2) is 15.8. The van der Waals surface area contributed by atoms with E-state index in [2.05, 4.69) is 15.6 Å². The standard InChI is InChI=1S/C13H18N2O.C8H7NO.C4H9NO2S.CH4/c1-11-6-5-7-12(10-11)14-13(16)15-8-3-2-4-9-15;1-7-3-2-4-8(5-7)9-6-10;6-8(7)3-1-5-2-4-8;/h5-7,10H,2-4,8-9H2,1H3,(H,14,16);2-5H,1H3;5H,1-4H2;1H4.